The predicted molar refractivity (Wildman–Crippen MR) is 80.7 cm³/mol. The molecule has 0 aliphatic heterocycles. The van der Waals surface area contributed by atoms with Crippen LogP contribution in [-0.4, -0.2) is 24.1 Å². The second-order valence-corrected chi connectivity index (χ2v) is 4.59. The number of rotatable bonds is 5. The van der Waals surface area contributed by atoms with Crippen LogP contribution in [0, 0.1) is 6.92 Å². The zero-order chi connectivity index (χ0) is 15.2. The molecular weight excluding hydrogens is 268 g/mol. The molecule has 1 aromatic carbocycles. The van der Waals surface area contributed by atoms with Crippen molar-refractivity contribution >= 4 is 11.7 Å². The average molecular weight is 286 g/mol. The Labute approximate surface area is 123 Å². The van der Waals surface area contributed by atoms with E-state index in [-0.39, 0.29) is 5.91 Å². The lowest BCUT2D eigenvalue weighted by Gasteiger charge is -2.14. The Hall–Kier alpha value is -2.56. The average Bonchev–Trinajstić information content (AvgIpc) is 2.48. The summed E-state index contributed by atoms with van der Waals surface area (Å²) < 4.78 is 10.7. The van der Waals surface area contributed by atoms with Crippen LogP contribution in [0.25, 0.3) is 0 Å². The first-order valence-corrected chi connectivity index (χ1v) is 6.63. The van der Waals surface area contributed by atoms with Crippen molar-refractivity contribution in [3.8, 4) is 11.5 Å². The number of benzene rings is 1. The largest absolute Gasteiger partial charge is 0.497 e. The number of nitrogens with one attached hydrogen (secondary N) is 1. The number of hydrogen-bond acceptors (Lipinski definition) is 4. The van der Waals surface area contributed by atoms with Crippen LogP contribution in [0.3, 0.4) is 0 Å². The minimum atomic E-state index is -0.624. The van der Waals surface area contributed by atoms with Crippen molar-refractivity contribution in [2.75, 3.05) is 12.4 Å². The van der Waals surface area contributed by atoms with Crippen LogP contribution in [0.2, 0.25) is 0 Å². The van der Waals surface area contributed by atoms with Gasteiger partial charge in [-0.25, -0.2) is 4.98 Å². The quantitative estimate of drug-likeness (QED) is 0.918. The highest BCUT2D eigenvalue weighted by Crippen LogP contribution is 2.18. The fourth-order valence-corrected chi connectivity index (χ4v) is 1.75. The number of anilines is 1. The van der Waals surface area contributed by atoms with Gasteiger partial charge < -0.3 is 14.8 Å². The van der Waals surface area contributed by atoms with Crippen molar-refractivity contribution < 1.29 is 14.3 Å². The molecule has 0 fully saturated rings. The third kappa shape index (κ3) is 4.21. The van der Waals surface area contributed by atoms with E-state index in [1.807, 2.05) is 19.1 Å². The number of carbonyl (C=O) groups is 1. The van der Waals surface area contributed by atoms with Crippen molar-refractivity contribution in [3.63, 3.8) is 0 Å². The maximum Gasteiger partial charge on any atom is 0.266 e. The van der Waals surface area contributed by atoms with E-state index in [1.54, 1.807) is 44.4 Å². The monoisotopic (exact) mass is 286 g/mol. The molecule has 5 nitrogen and oxygen atoms in total. The third-order valence-corrected chi connectivity index (χ3v) is 2.88. The van der Waals surface area contributed by atoms with Crippen molar-refractivity contribution in [2.45, 2.75) is 20.0 Å². The number of methoxy groups -OCH3 is 1. The van der Waals surface area contributed by atoms with Gasteiger partial charge in [0, 0.05) is 5.69 Å². The Balaban J connectivity index is 1.95. The third-order valence-electron chi connectivity index (χ3n) is 2.88. The Morgan fingerprint density at radius 1 is 1.14 bits per heavy atom. The summed E-state index contributed by atoms with van der Waals surface area (Å²) >= 11 is 0. The molecule has 1 heterocycles. The molecule has 1 aromatic heterocycles. The van der Waals surface area contributed by atoms with Crippen molar-refractivity contribution in [2.24, 2.45) is 0 Å². The van der Waals surface area contributed by atoms with Crippen LogP contribution in [0.5, 0.6) is 11.5 Å². The SMILES string of the molecule is COc1ccc(OC(C)C(=O)Nc2cccc(C)n2)cc1. The molecule has 0 aliphatic rings. The second-order valence-electron chi connectivity index (χ2n) is 4.59. The zero-order valence-corrected chi connectivity index (χ0v) is 12.3. The summed E-state index contributed by atoms with van der Waals surface area (Å²) in [6.07, 6.45) is -0.624. The molecule has 0 spiro atoms. The summed E-state index contributed by atoms with van der Waals surface area (Å²) in [7, 11) is 1.60. The number of carbonyl (C=O) groups excluding carboxylic acids is 1. The highest BCUT2D eigenvalue weighted by Gasteiger charge is 2.15. The number of pyridine rings is 1. The number of aryl methyl sites for hydroxylation is 1. The van der Waals surface area contributed by atoms with E-state index >= 15 is 0 Å². The lowest BCUT2D eigenvalue weighted by Crippen LogP contribution is -2.30. The molecule has 0 saturated heterocycles. The number of amides is 1. The van der Waals surface area contributed by atoms with Gasteiger partial charge in [-0.2, -0.15) is 0 Å². The van der Waals surface area contributed by atoms with Gasteiger partial charge in [0.15, 0.2) is 6.10 Å². The van der Waals surface area contributed by atoms with E-state index in [0.29, 0.717) is 11.6 Å². The second kappa shape index (κ2) is 6.74. The summed E-state index contributed by atoms with van der Waals surface area (Å²) in [6, 6.07) is 12.5. The van der Waals surface area contributed by atoms with Crippen LogP contribution < -0.4 is 14.8 Å². The normalized spacial score (nSPS) is 11.6. The fraction of sp³-hybridized carbons (Fsp3) is 0.250. The van der Waals surface area contributed by atoms with E-state index < -0.39 is 6.10 Å². The van der Waals surface area contributed by atoms with Crippen molar-refractivity contribution in [1.29, 1.82) is 0 Å². The summed E-state index contributed by atoms with van der Waals surface area (Å²) in [5.74, 6) is 1.62. The van der Waals surface area contributed by atoms with E-state index in [9.17, 15) is 4.79 Å². The predicted octanol–water partition coefficient (Wildman–Crippen LogP) is 2.80. The maximum absolute atomic E-state index is 12.1. The zero-order valence-electron chi connectivity index (χ0n) is 12.3. The van der Waals surface area contributed by atoms with Gasteiger partial charge in [0.25, 0.3) is 5.91 Å². The lowest BCUT2D eigenvalue weighted by atomic mass is 10.3. The topological polar surface area (TPSA) is 60.5 Å². The summed E-state index contributed by atoms with van der Waals surface area (Å²) in [4.78, 5) is 16.3. The van der Waals surface area contributed by atoms with Gasteiger partial charge in [-0.3, -0.25) is 4.79 Å². The Bertz CT molecular complexity index is 611. The first-order chi connectivity index (χ1) is 10.1. The van der Waals surface area contributed by atoms with Crippen LogP contribution in [0.15, 0.2) is 42.5 Å². The summed E-state index contributed by atoms with van der Waals surface area (Å²) in [5.41, 5.74) is 0.844. The van der Waals surface area contributed by atoms with Crippen molar-refractivity contribution in [3.05, 3.63) is 48.2 Å². The minimum absolute atomic E-state index is 0.246. The van der Waals surface area contributed by atoms with Crippen LogP contribution in [0.1, 0.15) is 12.6 Å². The molecule has 21 heavy (non-hydrogen) atoms. The van der Waals surface area contributed by atoms with Gasteiger partial charge >= 0.3 is 0 Å². The molecule has 1 unspecified atom stereocenters. The Morgan fingerprint density at radius 3 is 2.43 bits per heavy atom. The van der Waals surface area contributed by atoms with E-state index in [0.717, 1.165) is 11.4 Å². The molecule has 110 valence electrons. The van der Waals surface area contributed by atoms with E-state index in [2.05, 4.69) is 10.3 Å². The molecule has 0 bridgehead atoms. The van der Waals surface area contributed by atoms with Gasteiger partial charge in [-0.15, -0.1) is 0 Å². The molecule has 5 heteroatoms. The maximum atomic E-state index is 12.1. The fourth-order valence-electron chi connectivity index (χ4n) is 1.75. The number of hydrogen-bond donors (Lipinski definition) is 1. The molecule has 2 aromatic rings. The Morgan fingerprint density at radius 2 is 1.81 bits per heavy atom. The highest BCUT2D eigenvalue weighted by atomic mass is 16.5. The molecule has 0 saturated carbocycles. The molecule has 1 atom stereocenters. The highest BCUT2D eigenvalue weighted by molar-refractivity contribution is 5.93. The van der Waals surface area contributed by atoms with E-state index in [4.69, 9.17) is 9.47 Å². The van der Waals surface area contributed by atoms with Gasteiger partial charge in [0.05, 0.1) is 7.11 Å². The molecular formula is C16H18N2O3. The van der Waals surface area contributed by atoms with Gasteiger partial charge in [0.1, 0.15) is 17.3 Å². The van der Waals surface area contributed by atoms with Gasteiger partial charge in [0.2, 0.25) is 0 Å². The molecule has 2 rings (SSSR count). The molecule has 0 aliphatic carbocycles. The number of nitrogens with zero attached hydrogens (tertiary/aromatic N) is 1. The number of ether oxygens (including phenoxy) is 2. The molecule has 1 amide bonds. The van der Waals surface area contributed by atoms with Crippen LogP contribution in [0.4, 0.5) is 5.82 Å². The van der Waals surface area contributed by atoms with Crippen LogP contribution in [-0.2, 0) is 4.79 Å². The summed E-state index contributed by atoms with van der Waals surface area (Å²) in [6.45, 7) is 3.56. The van der Waals surface area contributed by atoms with Crippen molar-refractivity contribution in [1.82, 2.24) is 4.98 Å². The van der Waals surface area contributed by atoms with Crippen LogP contribution >= 0.6 is 0 Å². The van der Waals surface area contributed by atoms with E-state index in [1.165, 1.54) is 0 Å². The summed E-state index contributed by atoms with van der Waals surface area (Å²) in [5, 5.41) is 2.73. The smallest absolute Gasteiger partial charge is 0.266 e. The molecule has 1 N–H and O–H groups in total. The standard InChI is InChI=1S/C16H18N2O3/c1-11-5-4-6-15(17-11)18-16(19)12(2)21-14-9-7-13(20-3)8-10-14/h4-10,12H,1-3H3,(H,17,18,19). The van der Waals surface area contributed by atoms with Gasteiger partial charge in [-0.05, 0) is 50.2 Å². The molecule has 0 radical (unpaired) electrons. The first-order valence-electron chi connectivity index (χ1n) is 6.63. The Kier molecular flexibility index (Phi) is 4.77. The minimum Gasteiger partial charge on any atom is -0.497 e. The lowest BCUT2D eigenvalue weighted by molar-refractivity contribution is -0.122. The first kappa shape index (κ1) is 14.8. The number of aromatic nitrogens is 1. The van der Waals surface area contributed by atoms with Gasteiger partial charge in [-0.1, -0.05) is 6.07 Å².